The maximum atomic E-state index is 13.7. The zero-order valence-corrected chi connectivity index (χ0v) is 19.2. The number of alkyl halides is 3. The van der Waals surface area contributed by atoms with Crippen LogP contribution in [0.25, 0.3) is 22.4 Å². The Morgan fingerprint density at radius 3 is 2.30 bits per heavy atom. The number of sulfone groups is 1. The summed E-state index contributed by atoms with van der Waals surface area (Å²) in [5.41, 5.74) is -0.748. The molecule has 33 heavy (non-hydrogen) atoms. The van der Waals surface area contributed by atoms with Gasteiger partial charge in [-0.05, 0) is 42.7 Å². The second-order valence-corrected chi connectivity index (χ2v) is 9.81. The summed E-state index contributed by atoms with van der Waals surface area (Å²) >= 11 is 6.13. The molecule has 6 nitrogen and oxygen atoms in total. The Bertz CT molecular complexity index is 1210. The van der Waals surface area contributed by atoms with Crippen molar-refractivity contribution in [3.05, 3.63) is 53.2 Å². The quantitative estimate of drug-likeness (QED) is 0.384. The molecule has 0 atom stereocenters. The Labute approximate surface area is 194 Å². The summed E-state index contributed by atoms with van der Waals surface area (Å²) in [5.74, 6) is 0.232. The van der Waals surface area contributed by atoms with Crippen LogP contribution in [0, 0.1) is 0 Å². The third-order valence-corrected chi connectivity index (χ3v) is 7.16. The first-order chi connectivity index (χ1) is 15.6. The van der Waals surface area contributed by atoms with Gasteiger partial charge in [0.05, 0.1) is 22.8 Å². The van der Waals surface area contributed by atoms with Gasteiger partial charge in [0.2, 0.25) is 0 Å². The van der Waals surface area contributed by atoms with Crippen molar-refractivity contribution in [2.24, 2.45) is 0 Å². The fourth-order valence-corrected chi connectivity index (χ4v) is 5.01. The number of ether oxygens (including phenoxy) is 1. The molecule has 0 aliphatic heterocycles. The summed E-state index contributed by atoms with van der Waals surface area (Å²) in [5, 5.41) is 14.9. The number of unbranched alkanes of at least 4 members (excludes halogenated alkanes) is 2. The standard InChI is InChI=1S/C22H22ClF3N2O4S/c1-32-18-10-7-15(13-17(18)23)19-20(27-28-21(19)22(24,25)26)14-5-8-16(9-6-14)33(30,31)12-4-2-3-11-29/h5-10,13,29H,2-4,11-12H2,1H3,(H,27,28). The highest BCUT2D eigenvalue weighted by atomic mass is 35.5. The van der Waals surface area contributed by atoms with Gasteiger partial charge in [-0.1, -0.05) is 36.2 Å². The van der Waals surface area contributed by atoms with E-state index < -0.39 is 21.7 Å². The number of benzene rings is 2. The summed E-state index contributed by atoms with van der Waals surface area (Å²) in [6, 6.07) is 9.81. The zero-order valence-electron chi connectivity index (χ0n) is 17.6. The first-order valence-corrected chi connectivity index (χ1v) is 12.0. The van der Waals surface area contributed by atoms with E-state index in [9.17, 15) is 21.6 Å². The van der Waals surface area contributed by atoms with Crippen molar-refractivity contribution in [1.29, 1.82) is 0 Å². The lowest BCUT2D eigenvalue weighted by molar-refractivity contribution is -0.140. The molecule has 3 rings (SSSR count). The van der Waals surface area contributed by atoms with Gasteiger partial charge in [0.25, 0.3) is 0 Å². The van der Waals surface area contributed by atoms with Gasteiger partial charge in [0, 0.05) is 17.7 Å². The van der Waals surface area contributed by atoms with Crippen molar-refractivity contribution in [3.63, 3.8) is 0 Å². The van der Waals surface area contributed by atoms with Crippen LogP contribution in [0.3, 0.4) is 0 Å². The van der Waals surface area contributed by atoms with Crippen LogP contribution in [0.2, 0.25) is 5.02 Å². The van der Waals surface area contributed by atoms with Crippen LogP contribution in [-0.4, -0.2) is 43.2 Å². The molecule has 1 aromatic heterocycles. The summed E-state index contributed by atoms with van der Waals surface area (Å²) < 4.78 is 71.1. The number of H-pyrrole nitrogens is 1. The fourth-order valence-electron chi connectivity index (χ4n) is 3.38. The number of aliphatic hydroxyl groups is 1. The van der Waals surface area contributed by atoms with E-state index in [2.05, 4.69) is 10.2 Å². The minimum absolute atomic E-state index is 0.0000637. The van der Waals surface area contributed by atoms with Crippen LogP contribution in [0.4, 0.5) is 13.2 Å². The van der Waals surface area contributed by atoms with Crippen molar-refractivity contribution in [3.8, 4) is 28.1 Å². The SMILES string of the molecule is COc1ccc(-c2c(-c3ccc(S(=O)(=O)CCCCCO)cc3)n[nH]c2C(F)(F)F)cc1Cl. The Morgan fingerprint density at radius 1 is 1.06 bits per heavy atom. The van der Waals surface area contributed by atoms with E-state index in [1.807, 2.05) is 0 Å². The number of methoxy groups -OCH3 is 1. The van der Waals surface area contributed by atoms with Gasteiger partial charge < -0.3 is 9.84 Å². The van der Waals surface area contributed by atoms with Crippen LogP contribution in [0.15, 0.2) is 47.4 Å². The molecule has 0 aliphatic carbocycles. The molecule has 0 amide bonds. The number of nitrogens with zero attached hydrogens (tertiary/aromatic N) is 1. The van der Waals surface area contributed by atoms with Gasteiger partial charge in [-0.2, -0.15) is 18.3 Å². The van der Waals surface area contributed by atoms with Crippen molar-refractivity contribution in [2.45, 2.75) is 30.3 Å². The third kappa shape index (κ3) is 5.69. The topological polar surface area (TPSA) is 92.3 Å². The number of aromatic nitrogens is 2. The number of aliphatic hydroxyl groups excluding tert-OH is 1. The van der Waals surface area contributed by atoms with Crippen LogP contribution in [0.5, 0.6) is 5.75 Å². The molecule has 0 unspecified atom stereocenters. The first kappa shape index (κ1) is 25.1. The number of hydrogen-bond donors (Lipinski definition) is 2. The molecule has 3 aromatic rings. The molecule has 178 valence electrons. The van der Waals surface area contributed by atoms with Gasteiger partial charge in [0.15, 0.2) is 9.84 Å². The number of halogens is 4. The van der Waals surface area contributed by atoms with Crippen LogP contribution < -0.4 is 4.74 Å². The van der Waals surface area contributed by atoms with Crippen LogP contribution in [-0.2, 0) is 16.0 Å². The third-order valence-electron chi connectivity index (χ3n) is 5.05. The van der Waals surface area contributed by atoms with Gasteiger partial charge >= 0.3 is 6.18 Å². The molecule has 11 heteroatoms. The van der Waals surface area contributed by atoms with E-state index in [1.165, 1.54) is 49.6 Å². The van der Waals surface area contributed by atoms with Crippen molar-refractivity contribution in [1.82, 2.24) is 10.2 Å². The zero-order chi connectivity index (χ0) is 24.2. The van der Waals surface area contributed by atoms with E-state index in [4.69, 9.17) is 21.4 Å². The highest BCUT2D eigenvalue weighted by Crippen LogP contribution is 2.42. The molecular formula is C22H22ClF3N2O4S. The minimum Gasteiger partial charge on any atom is -0.495 e. The molecule has 0 bridgehead atoms. The average Bonchev–Trinajstić information content (AvgIpc) is 3.23. The normalized spacial score (nSPS) is 12.2. The molecule has 0 spiro atoms. The molecular weight excluding hydrogens is 481 g/mol. The maximum absolute atomic E-state index is 13.7. The molecule has 2 N–H and O–H groups in total. The molecule has 0 saturated carbocycles. The van der Waals surface area contributed by atoms with E-state index in [0.717, 1.165) is 0 Å². The summed E-state index contributed by atoms with van der Waals surface area (Å²) in [6.45, 7) is 0.0000637. The van der Waals surface area contributed by atoms with Gasteiger partial charge in [-0.3, -0.25) is 5.10 Å². The molecule has 1 heterocycles. The lowest BCUT2D eigenvalue weighted by atomic mass is 9.98. The molecule has 2 aromatic carbocycles. The smallest absolute Gasteiger partial charge is 0.433 e. The lowest BCUT2D eigenvalue weighted by Gasteiger charge is -2.11. The Hall–Kier alpha value is -2.56. The van der Waals surface area contributed by atoms with Gasteiger partial charge in [-0.25, -0.2) is 8.42 Å². The van der Waals surface area contributed by atoms with Crippen LogP contribution >= 0.6 is 11.6 Å². The van der Waals surface area contributed by atoms with E-state index in [-0.39, 0.29) is 39.1 Å². The second kappa shape index (κ2) is 10.1. The molecule has 0 radical (unpaired) electrons. The highest BCUT2D eigenvalue weighted by Gasteiger charge is 2.38. The first-order valence-electron chi connectivity index (χ1n) is 10.0. The molecule has 0 aliphatic rings. The van der Waals surface area contributed by atoms with E-state index >= 15 is 0 Å². The lowest BCUT2D eigenvalue weighted by Crippen LogP contribution is -2.07. The van der Waals surface area contributed by atoms with Gasteiger partial charge in [0.1, 0.15) is 17.1 Å². The Kier molecular flexibility index (Phi) is 7.71. The van der Waals surface area contributed by atoms with E-state index in [1.54, 1.807) is 0 Å². The Balaban J connectivity index is 2.00. The van der Waals surface area contributed by atoms with E-state index in [0.29, 0.717) is 30.6 Å². The monoisotopic (exact) mass is 502 g/mol. The minimum atomic E-state index is -4.70. The number of hydrogen-bond acceptors (Lipinski definition) is 5. The molecule has 0 saturated heterocycles. The summed E-state index contributed by atoms with van der Waals surface area (Å²) in [4.78, 5) is 0.0656. The summed E-state index contributed by atoms with van der Waals surface area (Å²) in [7, 11) is -2.16. The van der Waals surface area contributed by atoms with Crippen molar-refractivity contribution >= 4 is 21.4 Å². The Morgan fingerprint density at radius 2 is 1.73 bits per heavy atom. The maximum Gasteiger partial charge on any atom is 0.433 e. The number of rotatable bonds is 9. The molecule has 0 fully saturated rings. The van der Waals surface area contributed by atoms with Crippen LogP contribution in [0.1, 0.15) is 25.0 Å². The largest absolute Gasteiger partial charge is 0.495 e. The number of aromatic amines is 1. The second-order valence-electron chi connectivity index (χ2n) is 7.30. The fraction of sp³-hybridized carbons (Fsp3) is 0.318. The number of nitrogens with one attached hydrogen (secondary N) is 1. The highest BCUT2D eigenvalue weighted by molar-refractivity contribution is 7.91. The predicted molar refractivity (Wildman–Crippen MR) is 119 cm³/mol. The average molecular weight is 503 g/mol. The predicted octanol–water partition coefficient (Wildman–Crippen LogP) is 5.36. The summed E-state index contributed by atoms with van der Waals surface area (Å²) in [6.07, 6.45) is -3.20. The van der Waals surface area contributed by atoms with Gasteiger partial charge in [-0.15, -0.1) is 0 Å². The van der Waals surface area contributed by atoms with Crippen molar-refractivity contribution < 1.29 is 31.4 Å². The van der Waals surface area contributed by atoms with Crippen molar-refractivity contribution in [2.75, 3.05) is 19.5 Å².